The molecule has 1 N–H and O–H groups in total. The number of hydrogen-bond acceptors (Lipinski definition) is 6. The highest BCUT2D eigenvalue weighted by Crippen LogP contribution is 2.35. The standard InChI is InChI=1S/C15H21FN4O3/c1-22-9-13(21)20-4-2-3-15(10-20)5-12(8-23-15)19-14-17-6-11(16)7-18-14/h6-7,12H,2-5,8-10H2,1H3,(H,17,18,19)/t12-,15+/m0/s1. The number of aromatic nitrogens is 2. The van der Waals surface area contributed by atoms with Crippen molar-refractivity contribution in [2.24, 2.45) is 0 Å². The van der Waals surface area contributed by atoms with E-state index in [2.05, 4.69) is 15.3 Å². The number of piperidine rings is 1. The summed E-state index contributed by atoms with van der Waals surface area (Å²) in [6, 6.07) is 0.0536. The lowest BCUT2D eigenvalue weighted by Gasteiger charge is -2.39. The Morgan fingerprint density at radius 2 is 2.35 bits per heavy atom. The number of nitrogens with one attached hydrogen (secondary N) is 1. The maximum atomic E-state index is 12.8. The van der Waals surface area contributed by atoms with E-state index in [0.717, 1.165) is 38.2 Å². The van der Waals surface area contributed by atoms with Crippen LogP contribution in [-0.4, -0.2) is 65.8 Å². The molecule has 1 aromatic rings. The van der Waals surface area contributed by atoms with E-state index in [1.807, 2.05) is 4.90 Å². The first-order valence-corrected chi connectivity index (χ1v) is 7.75. The quantitative estimate of drug-likeness (QED) is 0.884. The number of carbonyl (C=O) groups excluding carboxylic acids is 1. The molecule has 1 aromatic heterocycles. The van der Waals surface area contributed by atoms with E-state index in [-0.39, 0.29) is 24.2 Å². The fraction of sp³-hybridized carbons (Fsp3) is 0.667. The van der Waals surface area contributed by atoms with Crippen molar-refractivity contribution in [1.29, 1.82) is 0 Å². The molecule has 2 saturated heterocycles. The van der Waals surface area contributed by atoms with Crippen molar-refractivity contribution < 1.29 is 18.7 Å². The summed E-state index contributed by atoms with van der Waals surface area (Å²) in [6.45, 7) is 1.94. The number of hydrogen-bond donors (Lipinski definition) is 1. The monoisotopic (exact) mass is 324 g/mol. The van der Waals surface area contributed by atoms with Gasteiger partial charge in [0.25, 0.3) is 0 Å². The van der Waals surface area contributed by atoms with E-state index in [1.165, 1.54) is 7.11 Å². The fourth-order valence-electron chi connectivity index (χ4n) is 3.32. The summed E-state index contributed by atoms with van der Waals surface area (Å²) in [7, 11) is 1.52. The number of ether oxygens (including phenoxy) is 2. The van der Waals surface area contributed by atoms with Crippen molar-refractivity contribution in [2.45, 2.75) is 30.9 Å². The zero-order valence-corrected chi connectivity index (χ0v) is 13.1. The highest BCUT2D eigenvalue weighted by Gasteiger charge is 2.44. The second-order valence-corrected chi connectivity index (χ2v) is 6.12. The average Bonchev–Trinajstić information content (AvgIpc) is 2.92. The van der Waals surface area contributed by atoms with E-state index >= 15 is 0 Å². The lowest BCUT2D eigenvalue weighted by molar-refractivity contribution is -0.143. The third kappa shape index (κ3) is 3.76. The van der Waals surface area contributed by atoms with Gasteiger partial charge in [0.1, 0.15) is 6.61 Å². The third-order valence-electron chi connectivity index (χ3n) is 4.32. The van der Waals surface area contributed by atoms with Crippen LogP contribution in [0.3, 0.4) is 0 Å². The molecule has 23 heavy (non-hydrogen) atoms. The maximum Gasteiger partial charge on any atom is 0.248 e. The molecule has 7 nitrogen and oxygen atoms in total. The Kier molecular flexibility index (Phi) is 4.72. The smallest absolute Gasteiger partial charge is 0.248 e. The predicted octanol–water partition coefficient (Wildman–Crippen LogP) is 0.824. The maximum absolute atomic E-state index is 12.8. The van der Waals surface area contributed by atoms with Crippen LogP contribution in [0.2, 0.25) is 0 Å². The molecule has 3 rings (SSSR count). The number of methoxy groups -OCH3 is 1. The van der Waals surface area contributed by atoms with Gasteiger partial charge in [0.05, 0.1) is 30.6 Å². The van der Waals surface area contributed by atoms with Gasteiger partial charge < -0.3 is 19.7 Å². The average molecular weight is 324 g/mol. The van der Waals surface area contributed by atoms with Gasteiger partial charge in [-0.25, -0.2) is 14.4 Å². The molecule has 2 aliphatic rings. The van der Waals surface area contributed by atoms with Gasteiger partial charge in [-0.15, -0.1) is 0 Å². The minimum Gasteiger partial charge on any atom is -0.375 e. The number of likely N-dealkylation sites (tertiary alicyclic amines) is 1. The number of carbonyl (C=O) groups is 1. The summed E-state index contributed by atoms with van der Waals surface area (Å²) < 4.78 is 23.8. The zero-order chi connectivity index (χ0) is 16.3. The molecule has 1 amide bonds. The van der Waals surface area contributed by atoms with Crippen LogP contribution in [-0.2, 0) is 14.3 Å². The molecule has 8 heteroatoms. The molecule has 2 fully saturated rings. The van der Waals surface area contributed by atoms with Crippen LogP contribution in [0.25, 0.3) is 0 Å². The Hall–Kier alpha value is -1.80. The van der Waals surface area contributed by atoms with E-state index in [4.69, 9.17) is 9.47 Å². The zero-order valence-electron chi connectivity index (χ0n) is 13.1. The Balaban J connectivity index is 1.59. The van der Waals surface area contributed by atoms with Gasteiger partial charge in [-0.1, -0.05) is 0 Å². The number of rotatable bonds is 4. The molecule has 1 spiro atoms. The molecule has 0 unspecified atom stereocenters. The van der Waals surface area contributed by atoms with Gasteiger partial charge in [-0.3, -0.25) is 4.79 Å². The van der Waals surface area contributed by atoms with E-state index in [9.17, 15) is 9.18 Å². The first-order valence-electron chi connectivity index (χ1n) is 7.75. The van der Waals surface area contributed by atoms with Crippen molar-refractivity contribution >= 4 is 11.9 Å². The molecular formula is C15H21FN4O3. The van der Waals surface area contributed by atoms with Crippen LogP contribution in [0.15, 0.2) is 12.4 Å². The van der Waals surface area contributed by atoms with Crippen molar-refractivity contribution in [3.63, 3.8) is 0 Å². The van der Waals surface area contributed by atoms with Crippen LogP contribution < -0.4 is 5.32 Å². The minimum atomic E-state index is -0.464. The molecule has 0 radical (unpaired) electrons. The van der Waals surface area contributed by atoms with Crippen LogP contribution in [0.1, 0.15) is 19.3 Å². The summed E-state index contributed by atoms with van der Waals surface area (Å²) in [6.07, 6.45) is 4.87. The molecule has 0 aromatic carbocycles. The van der Waals surface area contributed by atoms with Gasteiger partial charge in [0, 0.05) is 26.6 Å². The van der Waals surface area contributed by atoms with Gasteiger partial charge in [0.15, 0.2) is 5.82 Å². The molecule has 2 atom stereocenters. The predicted molar refractivity (Wildman–Crippen MR) is 80.4 cm³/mol. The SMILES string of the molecule is COCC(=O)N1CCC[C@@]2(C[C@H](Nc3ncc(F)cn3)CO2)C1. The third-order valence-corrected chi connectivity index (χ3v) is 4.32. The van der Waals surface area contributed by atoms with Crippen molar-refractivity contribution in [3.8, 4) is 0 Å². The van der Waals surface area contributed by atoms with Crippen molar-refractivity contribution in [3.05, 3.63) is 18.2 Å². The second-order valence-electron chi connectivity index (χ2n) is 6.12. The molecule has 0 saturated carbocycles. The first-order chi connectivity index (χ1) is 11.1. The largest absolute Gasteiger partial charge is 0.375 e. The molecule has 0 bridgehead atoms. The van der Waals surface area contributed by atoms with Crippen molar-refractivity contribution in [1.82, 2.24) is 14.9 Å². The Bertz CT molecular complexity index is 556. The number of amides is 1. The van der Waals surface area contributed by atoms with Crippen LogP contribution in [0, 0.1) is 5.82 Å². The molecule has 2 aliphatic heterocycles. The molecular weight excluding hydrogens is 303 g/mol. The highest BCUT2D eigenvalue weighted by molar-refractivity contribution is 5.77. The summed E-state index contributed by atoms with van der Waals surface area (Å²) in [5.41, 5.74) is -0.320. The van der Waals surface area contributed by atoms with Gasteiger partial charge in [-0.05, 0) is 12.8 Å². The fourth-order valence-corrected chi connectivity index (χ4v) is 3.32. The number of halogens is 1. The molecule has 126 valence electrons. The van der Waals surface area contributed by atoms with Gasteiger partial charge >= 0.3 is 0 Å². The minimum absolute atomic E-state index is 0.00606. The van der Waals surface area contributed by atoms with E-state index < -0.39 is 5.82 Å². The summed E-state index contributed by atoms with van der Waals surface area (Å²) in [5.74, 6) is -0.0807. The van der Waals surface area contributed by atoms with E-state index in [0.29, 0.717) is 19.1 Å². The van der Waals surface area contributed by atoms with Crippen LogP contribution >= 0.6 is 0 Å². The Morgan fingerprint density at radius 1 is 1.57 bits per heavy atom. The topological polar surface area (TPSA) is 76.6 Å². The lowest BCUT2D eigenvalue weighted by atomic mass is 9.88. The summed E-state index contributed by atoms with van der Waals surface area (Å²) in [4.78, 5) is 21.6. The highest BCUT2D eigenvalue weighted by atomic mass is 19.1. The first kappa shape index (κ1) is 16.1. The van der Waals surface area contributed by atoms with Gasteiger partial charge in [-0.2, -0.15) is 0 Å². The summed E-state index contributed by atoms with van der Waals surface area (Å²) >= 11 is 0. The molecule has 0 aliphatic carbocycles. The number of nitrogens with zero attached hydrogens (tertiary/aromatic N) is 3. The molecule has 3 heterocycles. The lowest BCUT2D eigenvalue weighted by Crippen LogP contribution is -2.51. The van der Waals surface area contributed by atoms with Gasteiger partial charge in [0.2, 0.25) is 11.9 Å². The Morgan fingerprint density at radius 3 is 3.09 bits per heavy atom. The van der Waals surface area contributed by atoms with E-state index in [1.54, 1.807) is 0 Å². The Labute approximate surface area is 134 Å². The normalized spacial score (nSPS) is 27.4. The summed E-state index contributed by atoms with van der Waals surface area (Å²) in [5, 5.41) is 3.17. The van der Waals surface area contributed by atoms with Crippen molar-refractivity contribution in [2.75, 3.05) is 38.7 Å². The second kappa shape index (κ2) is 6.76. The van der Waals surface area contributed by atoms with Crippen LogP contribution in [0.5, 0.6) is 0 Å². The van der Waals surface area contributed by atoms with Crippen LogP contribution in [0.4, 0.5) is 10.3 Å². The number of anilines is 1.